The molecule has 1 aromatic heterocycles. The first kappa shape index (κ1) is 17.2. The van der Waals surface area contributed by atoms with Crippen molar-refractivity contribution in [1.29, 1.82) is 0 Å². The van der Waals surface area contributed by atoms with E-state index in [4.69, 9.17) is 22.7 Å². The van der Waals surface area contributed by atoms with Gasteiger partial charge in [-0.3, -0.25) is 9.36 Å². The van der Waals surface area contributed by atoms with Crippen LogP contribution in [0.25, 0.3) is 5.69 Å². The maximum absolute atomic E-state index is 12.5. The summed E-state index contributed by atoms with van der Waals surface area (Å²) in [6.45, 7) is 2.53. The van der Waals surface area contributed by atoms with Gasteiger partial charge in [-0.15, -0.1) is 0 Å². The lowest BCUT2D eigenvalue weighted by molar-refractivity contribution is 0.103. The first-order valence-corrected chi connectivity index (χ1v) is 8.93. The number of nitrogens with zero attached hydrogens (tertiary/aromatic N) is 1. The van der Waals surface area contributed by atoms with E-state index in [2.05, 4.69) is 5.32 Å². The summed E-state index contributed by atoms with van der Waals surface area (Å²) in [7, 11) is 0. The highest BCUT2D eigenvalue weighted by atomic mass is 32.1. The molecule has 0 spiro atoms. The molecule has 1 amide bonds. The Balaban J connectivity index is 1.90. The molecule has 0 saturated heterocycles. The first-order valence-electron chi connectivity index (χ1n) is 7.71. The zero-order valence-electron chi connectivity index (χ0n) is 13.6. The van der Waals surface area contributed by atoms with Crippen molar-refractivity contribution in [3.05, 3.63) is 63.4 Å². The van der Waals surface area contributed by atoms with Crippen molar-refractivity contribution in [2.24, 2.45) is 0 Å². The van der Waals surface area contributed by atoms with Crippen LogP contribution in [0.3, 0.4) is 0 Å². The van der Waals surface area contributed by atoms with Crippen LogP contribution >= 0.6 is 23.6 Å². The van der Waals surface area contributed by atoms with E-state index in [1.165, 1.54) is 11.3 Å². The number of nitrogens with one attached hydrogen (secondary N) is 1. The number of rotatable bonds is 5. The fourth-order valence-corrected chi connectivity index (χ4v) is 3.62. The maximum atomic E-state index is 12.5. The van der Waals surface area contributed by atoms with Gasteiger partial charge in [0.15, 0.2) is 3.95 Å². The van der Waals surface area contributed by atoms with E-state index in [0.717, 1.165) is 11.4 Å². The molecule has 0 aliphatic rings. The van der Waals surface area contributed by atoms with Crippen LogP contribution in [-0.4, -0.2) is 17.1 Å². The van der Waals surface area contributed by atoms with Gasteiger partial charge in [0.2, 0.25) is 0 Å². The fraction of sp³-hybridized carbons (Fsp3) is 0.111. The number of nitrogen functional groups attached to an aromatic ring is 1. The molecule has 7 heteroatoms. The number of hydrogen-bond donors (Lipinski definition) is 2. The summed E-state index contributed by atoms with van der Waals surface area (Å²) in [5.74, 6) is 0.825. The molecule has 1 heterocycles. The standard InChI is InChI=1S/C18H17N3O2S2/c1-2-23-14-10-8-13(9-11-14)21-16(19)15(25-18(21)24)17(22)20-12-6-4-3-5-7-12/h3-11H,2,19H2,1H3,(H,20,22). The van der Waals surface area contributed by atoms with Crippen LogP contribution in [-0.2, 0) is 0 Å². The lowest BCUT2D eigenvalue weighted by Gasteiger charge is -2.08. The molecule has 0 aliphatic heterocycles. The number of amides is 1. The Hall–Kier alpha value is -2.64. The molecule has 25 heavy (non-hydrogen) atoms. The molecule has 3 rings (SSSR count). The molecular formula is C18H17N3O2S2. The van der Waals surface area contributed by atoms with E-state index in [1.54, 1.807) is 4.57 Å². The van der Waals surface area contributed by atoms with Crippen molar-refractivity contribution >= 4 is 41.0 Å². The molecule has 3 aromatic rings. The highest BCUT2D eigenvalue weighted by molar-refractivity contribution is 7.73. The third kappa shape index (κ3) is 3.72. The van der Waals surface area contributed by atoms with Gasteiger partial charge in [-0.25, -0.2) is 0 Å². The smallest absolute Gasteiger partial charge is 0.269 e. The molecular weight excluding hydrogens is 354 g/mol. The number of thiazole rings is 1. The van der Waals surface area contributed by atoms with Gasteiger partial charge in [0, 0.05) is 11.4 Å². The minimum atomic E-state index is -0.274. The molecule has 2 aromatic carbocycles. The van der Waals surface area contributed by atoms with E-state index in [9.17, 15) is 4.79 Å². The highest BCUT2D eigenvalue weighted by Gasteiger charge is 2.18. The summed E-state index contributed by atoms with van der Waals surface area (Å²) in [4.78, 5) is 12.9. The Morgan fingerprint density at radius 1 is 1.20 bits per heavy atom. The van der Waals surface area contributed by atoms with Crippen molar-refractivity contribution in [3.8, 4) is 11.4 Å². The van der Waals surface area contributed by atoms with Gasteiger partial charge in [-0.05, 0) is 55.5 Å². The predicted octanol–water partition coefficient (Wildman–Crippen LogP) is 4.50. The van der Waals surface area contributed by atoms with Gasteiger partial charge in [0.25, 0.3) is 5.91 Å². The summed E-state index contributed by atoms with van der Waals surface area (Å²) >= 11 is 6.59. The minimum Gasteiger partial charge on any atom is -0.494 e. The number of carbonyl (C=O) groups excluding carboxylic acids is 1. The number of hydrogen-bond acceptors (Lipinski definition) is 5. The zero-order valence-corrected chi connectivity index (χ0v) is 15.2. The van der Waals surface area contributed by atoms with Crippen LogP contribution in [0.5, 0.6) is 5.75 Å². The number of nitrogens with two attached hydrogens (primary N) is 1. The second-order valence-corrected chi connectivity index (χ2v) is 6.81. The van der Waals surface area contributed by atoms with Crippen molar-refractivity contribution in [2.75, 3.05) is 17.7 Å². The number of ether oxygens (including phenoxy) is 1. The third-order valence-electron chi connectivity index (χ3n) is 3.49. The molecule has 0 bridgehead atoms. The number of benzene rings is 2. The molecule has 5 nitrogen and oxygen atoms in total. The van der Waals surface area contributed by atoms with Gasteiger partial charge in [-0.1, -0.05) is 29.5 Å². The summed E-state index contributed by atoms with van der Waals surface area (Å²) in [6.07, 6.45) is 0. The summed E-state index contributed by atoms with van der Waals surface area (Å²) in [6, 6.07) is 16.6. The Labute approximate surface area is 154 Å². The summed E-state index contributed by atoms with van der Waals surface area (Å²) < 4.78 is 7.64. The summed E-state index contributed by atoms with van der Waals surface area (Å²) in [5.41, 5.74) is 7.70. The van der Waals surface area contributed by atoms with Crippen LogP contribution in [0, 0.1) is 3.95 Å². The Morgan fingerprint density at radius 2 is 1.88 bits per heavy atom. The summed E-state index contributed by atoms with van der Waals surface area (Å²) in [5, 5.41) is 2.83. The van der Waals surface area contributed by atoms with Crippen LogP contribution in [0.4, 0.5) is 11.5 Å². The van der Waals surface area contributed by atoms with E-state index in [0.29, 0.717) is 26.9 Å². The largest absolute Gasteiger partial charge is 0.494 e. The van der Waals surface area contributed by atoms with Crippen molar-refractivity contribution in [2.45, 2.75) is 6.92 Å². The fourth-order valence-electron chi connectivity index (χ4n) is 2.36. The van der Waals surface area contributed by atoms with Crippen LogP contribution in [0.15, 0.2) is 54.6 Å². The molecule has 3 N–H and O–H groups in total. The van der Waals surface area contributed by atoms with E-state index < -0.39 is 0 Å². The monoisotopic (exact) mass is 371 g/mol. The van der Waals surface area contributed by atoms with Crippen LogP contribution < -0.4 is 15.8 Å². The number of para-hydroxylation sites is 1. The Bertz CT molecular complexity index is 931. The van der Waals surface area contributed by atoms with Crippen molar-refractivity contribution in [1.82, 2.24) is 4.57 Å². The average molecular weight is 371 g/mol. The van der Waals surface area contributed by atoms with Gasteiger partial charge in [-0.2, -0.15) is 0 Å². The highest BCUT2D eigenvalue weighted by Crippen LogP contribution is 2.28. The first-order chi connectivity index (χ1) is 12.1. The van der Waals surface area contributed by atoms with Gasteiger partial charge in [0.05, 0.1) is 6.61 Å². The van der Waals surface area contributed by atoms with E-state index in [-0.39, 0.29) is 5.91 Å². The van der Waals surface area contributed by atoms with Crippen LogP contribution in [0.1, 0.15) is 16.6 Å². The third-order valence-corrected chi connectivity index (χ3v) is 4.88. The Kier molecular flexibility index (Phi) is 5.16. The predicted molar refractivity (Wildman–Crippen MR) is 104 cm³/mol. The van der Waals surface area contributed by atoms with Crippen LogP contribution in [0.2, 0.25) is 0 Å². The lowest BCUT2D eigenvalue weighted by Crippen LogP contribution is -2.13. The normalized spacial score (nSPS) is 10.4. The zero-order chi connectivity index (χ0) is 17.8. The van der Waals surface area contributed by atoms with E-state index in [1.807, 2.05) is 61.5 Å². The Morgan fingerprint density at radius 3 is 2.52 bits per heavy atom. The van der Waals surface area contributed by atoms with Crippen molar-refractivity contribution < 1.29 is 9.53 Å². The minimum absolute atomic E-state index is 0.274. The van der Waals surface area contributed by atoms with Crippen molar-refractivity contribution in [3.63, 3.8) is 0 Å². The van der Waals surface area contributed by atoms with Gasteiger partial charge in [0.1, 0.15) is 16.4 Å². The number of anilines is 2. The lowest BCUT2D eigenvalue weighted by atomic mass is 10.3. The topological polar surface area (TPSA) is 69.3 Å². The average Bonchev–Trinajstić information content (AvgIpc) is 2.92. The molecule has 0 fully saturated rings. The SMILES string of the molecule is CCOc1ccc(-n2c(N)c(C(=O)Nc3ccccc3)sc2=S)cc1. The molecule has 0 radical (unpaired) electrons. The quantitative estimate of drug-likeness (QED) is 0.648. The second-order valence-electron chi connectivity index (χ2n) is 5.16. The maximum Gasteiger partial charge on any atom is 0.269 e. The molecule has 0 saturated carbocycles. The molecule has 128 valence electrons. The molecule has 0 atom stereocenters. The molecule has 0 unspecified atom stereocenters. The molecule has 0 aliphatic carbocycles. The van der Waals surface area contributed by atoms with Gasteiger partial charge >= 0.3 is 0 Å². The number of aromatic nitrogens is 1. The van der Waals surface area contributed by atoms with E-state index >= 15 is 0 Å². The van der Waals surface area contributed by atoms with Gasteiger partial charge < -0.3 is 15.8 Å². The number of carbonyl (C=O) groups is 1. The second kappa shape index (κ2) is 7.50.